The Morgan fingerprint density at radius 2 is 2.00 bits per heavy atom. The fraction of sp³-hybridized carbons (Fsp3) is 0.278. The van der Waals surface area contributed by atoms with E-state index in [9.17, 15) is 4.57 Å². The van der Waals surface area contributed by atoms with Gasteiger partial charge in [-0.25, -0.2) is 4.57 Å². The van der Waals surface area contributed by atoms with Crippen molar-refractivity contribution < 1.29 is 18.3 Å². The van der Waals surface area contributed by atoms with Crippen molar-refractivity contribution in [3.63, 3.8) is 0 Å². The highest BCUT2D eigenvalue weighted by Crippen LogP contribution is 2.60. The summed E-state index contributed by atoms with van der Waals surface area (Å²) in [6, 6.07) is 10.6. The number of allylic oxidation sites excluding steroid dienone is 1. The smallest absolute Gasteiger partial charge is 0.411 e. The minimum atomic E-state index is -3.55. The van der Waals surface area contributed by atoms with Crippen LogP contribution in [-0.2, 0) is 9.09 Å². The van der Waals surface area contributed by atoms with Crippen molar-refractivity contribution in [3.05, 3.63) is 60.4 Å². The highest BCUT2D eigenvalue weighted by molar-refractivity contribution is 7.65. The highest BCUT2D eigenvalue weighted by atomic mass is 31.2. The fourth-order valence-electron chi connectivity index (χ4n) is 2.21. The molecule has 0 fully saturated rings. The van der Waals surface area contributed by atoms with Gasteiger partial charge in [-0.1, -0.05) is 25.1 Å². The molecule has 0 bridgehead atoms. The molecule has 1 aromatic heterocycles. The zero-order chi connectivity index (χ0) is 17.4. The molecule has 1 atom stereocenters. The minimum absolute atomic E-state index is 0.266. The van der Waals surface area contributed by atoms with Crippen molar-refractivity contribution in [2.75, 3.05) is 13.7 Å². The lowest BCUT2D eigenvalue weighted by molar-refractivity contribution is 0.289. The normalized spacial score (nSPS) is 14.0. The largest absolute Gasteiger partial charge is 0.497 e. The monoisotopic (exact) mass is 347 g/mol. The van der Waals surface area contributed by atoms with Crippen LogP contribution < -0.4 is 9.26 Å². The van der Waals surface area contributed by atoms with Crippen LogP contribution in [0.15, 0.2) is 54.9 Å². The third-order valence-corrected chi connectivity index (χ3v) is 5.30. The number of ether oxygens (including phenoxy) is 1. The van der Waals surface area contributed by atoms with E-state index >= 15 is 0 Å². The molecule has 0 radical (unpaired) electrons. The number of pyridine rings is 1. The Morgan fingerprint density at radius 1 is 1.21 bits per heavy atom. The van der Waals surface area contributed by atoms with Crippen LogP contribution in [0.3, 0.4) is 0 Å². The van der Waals surface area contributed by atoms with Gasteiger partial charge in [0, 0.05) is 24.0 Å². The average molecular weight is 347 g/mol. The first kappa shape index (κ1) is 18.2. The number of nitrogens with zero attached hydrogens (tertiary/aromatic N) is 1. The lowest BCUT2D eigenvalue weighted by Crippen LogP contribution is -2.02. The summed E-state index contributed by atoms with van der Waals surface area (Å²) in [4.78, 5) is 4.10. The molecule has 1 unspecified atom stereocenters. The van der Waals surface area contributed by atoms with Crippen LogP contribution in [0.1, 0.15) is 25.8 Å². The second-order valence-electron chi connectivity index (χ2n) is 4.92. The summed E-state index contributed by atoms with van der Waals surface area (Å²) in [5.74, 6) is 1.05. The Kier molecular flexibility index (Phi) is 6.59. The first-order valence-corrected chi connectivity index (χ1v) is 9.36. The number of benzene rings is 1. The lowest BCUT2D eigenvalue weighted by atomic mass is 10.2. The third kappa shape index (κ3) is 4.47. The summed E-state index contributed by atoms with van der Waals surface area (Å²) in [6.07, 6.45) is 5.88. The molecule has 0 amide bonds. The predicted molar refractivity (Wildman–Crippen MR) is 95.4 cm³/mol. The molecule has 128 valence electrons. The zero-order valence-corrected chi connectivity index (χ0v) is 15.0. The van der Waals surface area contributed by atoms with Gasteiger partial charge in [-0.2, -0.15) is 0 Å². The molecule has 1 aromatic carbocycles. The van der Waals surface area contributed by atoms with Crippen molar-refractivity contribution in [3.8, 4) is 11.5 Å². The number of methoxy groups -OCH3 is 1. The van der Waals surface area contributed by atoms with Crippen LogP contribution in [0, 0.1) is 0 Å². The quantitative estimate of drug-likeness (QED) is 0.618. The van der Waals surface area contributed by atoms with E-state index in [1.54, 1.807) is 56.8 Å². The summed E-state index contributed by atoms with van der Waals surface area (Å²) < 4.78 is 30.1. The van der Waals surface area contributed by atoms with Crippen LogP contribution in [-0.4, -0.2) is 18.7 Å². The fourth-order valence-corrected chi connectivity index (χ4v) is 4.08. The second kappa shape index (κ2) is 8.67. The Bertz CT molecular complexity index is 731. The highest BCUT2D eigenvalue weighted by Gasteiger charge is 2.32. The molecule has 0 aliphatic rings. The lowest BCUT2D eigenvalue weighted by Gasteiger charge is -2.21. The first-order valence-electron chi connectivity index (χ1n) is 7.82. The zero-order valence-electron chi connectivity index (χ0n) is 14.1. The first-order chi connectivity index (χ1) is 11.6. The van der Waals surface area contributed by atoms with Gasteiger partial charge in [-0.3, -0.25) is 9.51 Å². The van der Waals surface area contributed by atoms with Crippen molar-refractivity contribution in [2.45, 2.75) is 20.3 Å². The Labute approximate surface area is 142 Å². The van der Waals surface area contributed by atoms with Crippen LogP contribution in [0.2, 0.25) is 0 Å². The molecule has 0 saturated carbocycles. The summed E-state index contributed by atoms with van der Waals surface area (Å²) in [5, 5.41) is 0.516. The number of hydrogen-bond donors (Lipinski definition) is 0. The number of hydrogen-bond acceptors (Lipinski definition) is 5. The van der Waals surface area contributed by atoms with Crippen molar-refractivity contribution in [2.24, 2.45) is 0 Å². The molecule has 0 saturated heterocycles. The standard InChI is InChI=1S/C18H22NO4P/c1-4-8-18(15-9-7-12-19-14-15)24(20,22-5-2)23-17-11-6-10-16(13-17)21-3/h6-14H,4-5H2,1-3H3/b18-8-. The molecule has 0 aliphatic carbocycles. The van der Waals surface area contributed by atoms with Crippen LogP contribution >= 0.6 is 7.60 Å². The molecule has 0 N–H and O–H groups in total. The maximum Gasteiger partial charge on any atom is 0.411 e. The van der Waals surface area contributed by atoms with Gasteiger partial charge in [-0.05, 0) is 31.5 Å². The molecule has 2 aromatic rings. The van der Waals surface area contributed by atoms with Gasteiger partial charge in [0.25, 0.3) is 0 Å². The molecule has 2 rings (SSSR count). The van der Waals surface area contributed by atoms with E-state index in [0.29, 0.717) is 23.2 Å². The number of rotatable bonds is 8. The van der Waals surface area contributed by atoms with Crippen molar-refractivity contribution in [1.82, 2.24) is 4.98 Å². The maximum absolute atomic E-state index is 13.5. The summed E-state index contributed by atoms with van der Waals surface area (Å²) in [5.41, 5.74) is 0.721. The minimum Gasteiger partial charge on any atom is -0.497 e. The second-order valence-corrected chi connectivity index (χ2v) is 6.84. The number of aromatic nitrogens is 1. The Morgan fingerprint density at radius 3 is 2.62 bits per heavy atom. The Balaban J connectivity index is 2.43. The van der Waals surface area contributed by atoms with E-state index in [4.69, 9.17) is 13.8 Å². The van der Waals surface area contributed by atoms with Crippen LogP contribution in [0.4, 0.5) is 0 Å². The van der Waals surface area contributed by atoms with Crippen molar-refractivity contribution >= 4 is 12.9 Å². The summed E-state index contributed by atoms with van der Waals surface area (Å²) in [7, 11) is -1.99. The maximum atomic E-state index is 13.5. The predicted octanol–water partition coefficient (Wildman–Crippen LogP) is 5.15. The summed E-state index contributed by atoms with van der Waals surface area (Å²) in [6.45, 7) is 4.02. The van der Waals surface area contributed by atoms with E-state index in [-0.39, 0.29) is 6.61 Å². The van der Waals surface area contributed by atoms with Gasteiger partial charge >= 0.3 is 7.60 Å². The van der Waals surface area contributed by atoms with E-state index < -0.39 is 7.60 Å². The van der Waals surface area contributed by atoms with Gasteiger partial charge in [0.15, 0.2) is 0 Å². The molecule has 6 heteroatoms. The third-order valence-electron chi connectivity index (χ3n) is 3.22. The average Bonchev–Trinajstić information content (AvgIpc) is 2.60. The topological polar surface area (TPSA) is 57.7 Å². The van der Waals surface area contributed by atoms with E-state index in [2.05, 4.69) is 4.98 Å². The summed E-state index contributed by atoms with van der Waals surface area (Å²) >= 11 is 0. The van der Waals surface area contributed by atoms with Gasteiger partial charge in [-0.15, -0.1) is 0 Å². The molecule has 1 heterocycles. The molecule has 24 heavy (non-hydrogen) atoms. The van der Waals surface area contributed by atoms with Gasteiger partial charge in [0.05, 0.1) is 19.0 Å². The SMILES string of the molecule is CC/C=C(/c1cccnc1)P(=O)(OCC)Oc1cccc(OC)c1. The van der Waals surface area contributed by atoms with E-state index in [1.807, 2.05) is 19.1 Å². The van der Waals surface area contributed by atoms with Gasteiger partial charge in [0.1, 0.15) is 11.5 Å². The van der Waals surface area contributed by atoms with E-state index in [0.717, 1.165) is 5.56 Å². The van der Waals surface area contributed by atoms with Gasteiger partial charge < -0.3 is 9.26 Å². The van der Waals surface area contributed by atoms with Crippen LogP contribution in [0.25, 0.3) is 5.31 Å². The Hall–Kier alpha value is -2.10. The molecule has 5 nitrogen and oxygen atoms in total. The molecule has 0 spiro atoms. The van der Waals surface area contributed by atoms with Crippen LogP contribution in [0.5, 0.6) is 11.5 Å². The van der Waals surface area contributed by atoms with E-state index in [1.165, 1.54) is 0 Å². The molecule has 0 aliphatic heterocycles. The molecular formula is C18H22NO4P. The van der Waals surface area contributed by atoms with Gasteiger partial charge in [0.2, 0.25) is 0 Å². The van der Waals surface area contributed by atoms with Crippen molar-refractivity contribution in [1.29, 1.82) is 0 Å². The molecular weight excluding hydrogens is 325 g/mol.